The van der Waals surface area contributed by atoms with Crippen molar-refractivity contribution >= 4 is 11.9 Å². The SMILES string of the molecule is CCCC(=O)OC(O)C(CO)OC(=O)CCC. The molecule has 2 N–H and O–H groups in total. The summed E-state index contributed by atoms with van der Waals surface area (Å²) in [5.74, 6) is -1.14. The Morgan fingerprint density at radius 2 is 1.53 bits per heavy atom. The third kappa shape index (κ3) is 6.91. The van der Waals surface area contributed by atoms with E-state index in [1.54, 1.807) is 13.8 Å². The van der Waals surface area contributed by atoms with Crippen LogP contribution in [0.4, 0.5) is 0 Å². The summed E-state index contributed by atoms with van der Waals surface area (Å²) in [7, 11) is 0. The Morgan fingerprint density at radius 1 is 1.06 bits per heavy atom. The summed E-state index contributed by atoms with van der Waals surface area (Å²) in [4.78, 5) is 22.2. The zero-order valence-corrected chi connectivity index (χ0v) is 10.2. The van der Waals surface area contributed by atoms with E-state index in [1.807, 2.05) is 0 Å². The Hall–Kier alpha value is -1.14. The van der Waals surface area contributed by atoms with Crippen molar-refractivity contribution in [3.8, 4) is 0 Å². The van der Waals surface area contributed by atoms with E-state index in [4.69, 9.17) is 9.84 Å². The van der Waals surface area contributed by atoms with E-state index in [2.05, 4.69) is 4.74 Å². The molecule has 0 amide bonds. The summed E-state index contributed by atoms with van der Waals surface area (Å²) < 4.78 is 9.37. The molecule has 0 saturated carbocycles. The zero-order chi connectivity index (χ0) is 13.3. The second kappa shape index (κ2) is 8.95. The third-order valence-corrected chi connectivity index (χ3v) is 1.94. The lowest BCUT2D eigenvalue weighted by Gasteiger charge is -2.21. The number of carbonyl (C=O) groups excluding carboxylic acids is 2. The van der Waals surface area contributed by atoms with E-state index in [-0.39, 0.29) is 12.8 Å². The second-order valence-corrected chi connectivity index (χ2v) is 3.59. The van der Waals surface area contributed by atoms with Gasteiger partial charge in [0.25, 0.3) is 0 Å². The van der Waals surface area contributed by atoms with Crippen molar-refractivity contribution < 1.29 is 29.3 Å². The van der Waals surface area contributed by atoms with Gasteiger partial charge in [-0.2, -0.15) is 0 Å². The molecule has 0 heterocycles. The van der Waals surface area contributed by atoms with Gasteiger partial charge in [0.15, 0.2) is 6.10 Å². The highest BCUT2D eigenvalue weighted by Crippen LogP contribution is 2.06. The van der Waals surface area contributed by atoms with Gasteiger partial charge in [0.1, 0.15) is 0 Å². The van der Waals surface area contributed by atoms with Gasteiger partial charge in [0.05, 0.1) is 6.61 Å². The Labute approximate surface area is 101 Å². The first-order valence-corrected chi connectivity index (χ1v) is 5.73. The number of hydrogen-bond acceptors (Lipinski definition) is 6. The predicted molar refractivity (Wildman–Crippen MR) is 58.9 cm³/mol. The van der Waals surface area contributed by atoms with Gasteiger partial charge < -0.3 is 19.7 Å². The Balaban J connectivity index is 4.15. The van der Waals surface area contributed by atoms with Crippen molar-refractivity contribution in [2.75, 3.05) is 6.61 Å². The fourth-order valence-corrected chi connectivity index (χ4v) is 1.09. The number of ether oxygens (including phenoxy) is 2. The molecule has 0 aromatic heterocycles. The first-order chi connectivity index (χ1) is 8.04. The van der Waals surface area contributed by atoms with Crippen LogP contribution in [0.15, 0.2) is 0 Å². The molecule has 0 aliphatic heterocycles. The quantitative estimate of drug-likeness (QED) is 0.475. The smallest absolute Gasteiger partial charge is 0.308 e. The molecule has 0 fully saturated rings. The molecule has 0 bridgehead atoms. The Bertz CT molecular complexity index is 240. The van der Waals surface area contributed by atoms with Crippen LogP contribution in [0.25, 0.3) is 0 Å². The molecule has 0 rings (SSSR count). The van der Waals surface area contributed by atoms with Gasteiger partial charge >= 0.3 is 11.9 Å². The summed E-state index contributed by atoms with van der Waals surface area (Å²) in [6.07, 6.45) is -1.31. The number of esters is 2. The highest BCUT2D eigenvalue weighted by molar-refractivity contribution is 5.70. The van der Waals surface area contributed by atoms with Crippen LogP contribution in [-0.2, 0) is 19.1 Å². The van der Waals surface area contributed by atoms with Crippen molar-refractivity contribution in [3.05, 3.63) is 0 Å². The molecular weight excluding hydrogens is 228 g/mol. The summed E-state index contributed by atoms with van der Waals surface area (Å²) in [5.41, 5.74) is 0. The van der Waals surface area contributed by atoms with Crippen molar-refractivity contribution in [1.29, 1.82) is 0 Å². The Kier molecular flexibility index (Phi) is 8.35. The van der Waals surface area contributed by atoms with E-state index < -0.39 is 30.9 Å². The molecule has 2 atom stereocenters. The van der Waals surface area contributed by atoms with E-state index in [1.165, 1.54) is 0 Å². The molecule has 6 heteroatoms. The minimum Gasteiger partial charge on any atom is -0.453 e. The van der Waals surface area contributed by atoms with Crippen LogP contribution in [0.5, 0.6) is 0 Å². The summed E-state index contributed by atoms with van der Waals surface area (Å²) in [5, 5.41) is 18.4. The summed E-state index contributed by atoms with van der Waals surface area (Å²) >= 11 is 0. The molecule has 2 unspecified atom stereocenters. The molecule has 100 valence electrons. The van der Waals surface area contributed by atoms with Gasteiger partial charge in [-0.15, -0.1) is 0 Å². The lowest BCUT2D eigenvalue weighted by atomic mass is 10.3. The van der Waals surface area contributed by atoms with Crippen LogP contribution in [0.3, 0.4) is 0 Å². The van der Waals surface area contributed by atoms with Crippen LogP contribution < -0.4 is 0 Å². The number of rotatable bonds is 8. The number of carbonyl (C=O) groups is 2. The highest BCUT2D eigenvalue weighted by Gasteiger charge is 2.25. The van der Waals surface area contributed by atoms with Gasteiger partial charge in [0, 0.05) is 12.8 Å². The van der Waals surface area contributed by atoms with Crippen molar-refractivity contribution in [3.63, 3.8) is 0 Å². The molecule has 0 aliphatic carbocycles. The maximum atomic E-state index is 11.1. The summed E-state index contributed by atoms with van der Waals surface area (Å²) in [6, 6.07) is 0. The third-order valence-electron chi connectivity index (χ3n) is 1.94. The first kappa shape index (κ1) is 15.9. The van der Waals surface area contributed by atoms with E-state index >= 15 is 0 Å². The molecule has 6 nitrogen and oxygen atoms in total. The molecular formula is C11H20O6. The van der Waals surface area contributed by atoms with Crippen LogP contribution in [0.2, 0.25) is 0 Å². The molecule has 0 aromatic carbocycles. The molecule has 0 radical (unpaired) electrons. The molecule has 0 aliphatic rings. The van der Waals surface area contributed by atoms with Crippen LogP contribution >= 0.6 is 0 Å². The van der Waals surface area contributed by atoms with Gasteiger partial charge in [0.2, 0.25) is 6.29 Å². The predicted octanol–water partition coefficient (Wildman–Crippen LogP) is 0.352. The monoisotopic (exact) mass is 248 g/mol. The number of hydrogen-bond donors (Lipinski definition) is 2. The molecule has 0 spiro atoms. The van der Waals surface area contributed by atoms with E-state index in [0.29, 0.717) is 12.8 Å². The number of aliphatic hydroxyl groups excluding tert-OH is 2. The normalized spacial score (nSPS) is 13.9. The second-order valence-electron chi connectivity index (χ2n) is 3.59. The zero-order valence-electron chi connectivity index (χ0n) is 10.2. The lowest BCUT2D eigenvalue weighted by molar-refractivity contribution is -0.203. The average molecular weight is 248 g/mol. The maximum Gasteiger partial charge on any atom is 0.308 e. The number of aliphatic hydroxyl groups is 2. The minimum absolute atomic E-state index is 0.165. The standard InChI is InChI=1S/C11H20O6/c1-3-5-9(13)16-8(7-12)11(15)17-10(14)6-4-2/h8,11-12,15H,3-7H2,1-2H3. The molecule has 0 saturated heterocycles. The van der Waals surface area contributed by atoms with Crippen LogP contribution in [0.1, 0.15) is 39.5 Å². The van der Waals surface area contributed by atoms with Gasteiger partial charge in [-0.1, -0.05) is 13.8 Å². The first-order valence-electron chi connectivity index (χ1n) is 5.73. The van der Waals surface area contributed by atoms with Gasteiger partial charge in [-0.25, -0.2) is 0 Å². The van der Waals surface area contributed by atoms with Crippen molar-refractivity contribution in [2.45, 2.75) is 51.9 Å². The van der Waals surface area contributed by atoms with Crippen molar-refractivity contribution in [1.82, 2.24) is 0 Å². The minimum atomic E-state index is -1.63. The molecule has 0 aromatic rings. The average Bonchev–Trinajstić information content (AvgIpc) is 2.26. The maximum absolute atomic E-state index is 11.1. The fourth-order valence-electron chi connectivity index (χ4n) is 1.09. The summed E-state index contributed by atoms with van der Waals surface area (Å²) in [6.45, 7) is 2.99. The van der Waals surface area contributed by atoms with Crippen molar-refractivity contribution in [2.24, 2.45) is 0 Å². The topological polar surface area (TPSA) is 93.1 Å². The van der Waals surface area contributed by atoms with E-state index in [0.717, 1.165) is 0 Å². The fraction of sp³-hybridized carbons (Fsp3) is 0.818. The molecule has 17 heavy (non-hydrogen) atoms. The largest absolute Gasteiger partial charge is 0.453 e. The Morgan fingerprint density at radius 3 is 1.94 bits per heavy atom. The van der Waals surface area contributed by atoms with Crippen LogP contribution in [0, 0.1) is 0 Å². The van der Waals surface area contributed by atoms with E-state index in [9.17, 15) is 14.7 Å². The van der Waals surface area contributed by atoms with Crippen LogP contribution in [-0.4, -0.2) is 41.2 Å². The highest BCUT2D eigenvalue weighted by atomic mass is 16.7. The van der Waals surface area contributed by atoms with Gasteiger partial charge in [-0.05, 0) is 12.8 Å². The van der Waals surface area contributed by atoms with Gasteiger partial charge in [-0.3, -0.25) is 9.59 Å². The lowest BCUT2D eigenvalue weighted by Crippen LogP contribution is -2.37.